The van der Waals surface area contributed by atoms with Crippen molar-refractivity contribution in [2.24, 2.45) is 0 Å². The van der Waals surface area contributed by atoms with Crippen molar-refractivity contribution in [3.63, 3.8) is 0 Å². The molecule has 2 unspecified atom stereocenters. The van der Waals surface area contributed by atoms with Crippen LogP contribution < -0.4 is 0 Å². The van der Waals surface area contributed by atoms with Gasteiger partial charge in [-0.3, -0.25) is 0 Å². The predicted molar refractivity (Wildman–Crippen MR) is 87.6 cm³/mol. The van der Waals surface area contributed by atoms with Crippen LogP contribution in [0.25, 0.3) is 11.2 Å². The molecule has 0 amide bonds. The van der Waals surface area contributed by atoms with E-state index >= 15 is 0 Å². The Labute approximate surface area is 127 Å². The van der Waals surface area contributed by atoms with Gasteiger partial charge in [-0.1, -0.05) is 0 Å². The van der Waals surface area contributed by atoms with Crippen LogP contribution in [-0.4, -0.2) is 31.8 Å². The van der Waals surface area contributed by atoms with E-state index in [0.29, 0.717) is 11.3 Å². The molecule has 2 aromatic heterocycles. The predicted octanol–water partition coefficient (Wildman–Crippen LogP) is 4.07. The number of hydrogen-bond acceptors (Lipinski definition) is 4. The van der Waals surface area contributed by atoms with Crippen LogP contribution in [0.4, 0.5) is 0 Å². The van der Waals surface area contributed by atoms with Gasteiger partial charge in [0.25, 0.3) is 0 Å². The molecule has 0 saturated carbocycles. The standard InChI is InChI=1S/C15H19N3S2/c1-5-12-14(16-7-1)18(11-4-2-8-19-10-11)15(17-12)13-6-3-9-20-13/h1,5,7,11,13H,2-4,6,8-10H2. The van der Waals surface area contributed by atoms with Crippen LogP contribution in [0.5, 0.6) is 0 Å². The minimum absolute atomic E-state index is 0.580. The summed E-state index contributed by atoms with van der Waals surface area (Å²) in [5.41, 5.74) is 2.17. The number of pyridine rings is 1. The molecule has 4 heterocycles. The van der Waals surface area contributed by atoms with Crippen molar-refractivity contribution in [3.8, 4) is 0 Å². The van der Waals surface area contributed by atoms with E-state index in [9.17, 15) is 0 Å². The highest BCUT2D eigenvalue weighted by atomic mass is 32.2. The average molecular weight is 305 g/mol. The summed E-state index contributed by atoms with van der Waals surface area (Å²) in [4.78, 5) is 9.57. The van der Waals surface area contributed by atoms with E-state index in [0.717, 1.165) is 11.2 Å². The summed E-state index contributed by atoms with van der Waals surface area (Å²) in [6.07, 6.45) is 7.10. The molecule has 2 atom stereocenters. The maximum atomic E-state index is 4.94. The van der Waals surface area contributed by atoms with Crippen molar-refractivity contribution in [1.82, 2.24) is 14.5 Å². The van der Waals surface area contributed by atoms with Crippen LogP contribution >= 0.6 is 23.5 Å². The first kappa shape index (κ1) is 13.0. The maximum absolute atomic E-state index is 4.94. The largest absolute Gasteiger partial charge is 0.308 e. The van der Waals surface area contributed by atoms with Gasteiger partial charge in [0.15, 0.2) is 5.65 Å². The highest BCUT2D eigenvalue weighted by Gasteiger charge is 2.28. The summed E-state index contributed by atoms with van der Waals surface area (Å²) in [6, 6.07) is 4.70. The quantitative estimate of drug-likeness (QED) is 0.837. The highest BCUT2D eigenvalue weighted by molar-refractivity contribution is 7.99. The maximum Gasteiger partial charge on any atom is 0.160 e. The first-order chi connectivity index (χ1) is 9.93. The molecule has 2 aromatic rings. The molecule has 0 bridgehead atoms. The number of thioether (sulfide) groups is 2. The van der Waals surface area contributed by atoms with Crippen molar-refractivity contribution < 1.29 is 0 Å². The van der Waals surface area contributed by atoms with Gasteiger partial charge in [0, 0.05) is 18.0 Å². The summed E-state index contributed by atoms with van der Waals surface area (Å²) in [5.74, 6) is 5.09. The van der Waals surface area contributed by atoms with Gasteiger partial charge in [0.1, 0.15) is 11.3 Å². The van der Waals surface area contributed by atoms with Crippen LogP contribution in [0.2, 0.25) is 0 Å². The van der Waals surface area contributed by atoms with Crippen LogP contribution in [0.3, 0.4) is 0 Å². The SMILES string of the molecule is c1cnc2c(c1)nc(C1CCCS1)n2C1CCCSC1. The highest BCUT2D eigenvalue weighted by Crippen LogP contribution is 2.42. The number of hydrogen-bond donors (Lipinski definition) is 0. The van der Waals surface area contributed by atoms with Crippen LogP contribution in [0, 0.1) is 0 Å². The molecule has 0 spiro atoms. The Bertz CT molecular complexity index is 598. The molecule has 2 fully saturated rings. The third-order valence-electron chi connectivity index (χ3n) is 4.20. The Kier molecular flexibility index (Phi) is 3.65. The smallest absolute Gasteiger partial charge is 0.160 e. The lowest BCUT2D eigenvalue weighted by Gasteiger charge is -2.26. The number of aromatic nitrogens is 3. The van der Waals surface area contributed by atoms with Gasteiger partial charge < -0.3 is 4.57 Å². The summed E-state index contributed by atoms with van der Waals surface area (Å²) < 4.78 is 2.48. The zero-order valence-electron chi connectivity index (χ0n) is 11.5. The third kappa shape index (κ3) is 2.25. The van der Waals surface area contributed by atoms with Crippen molar-refractivity contribution in [1.29, 1.82) is 0 Å². The van der Waals surface area contributed by atoms with E-state index in [1.165, 1.54) is 48.8 Å². The van der Waals surface area contributed by atoms with Crippen molar-refractivity contribution >= 4 is 34.7 Å². The Morgan fingerprint density at radius 1 is 1.20 bits per heavy atom. The van der Waals surface area contributed by atoms with Gasteiger partial charge in [-0.2, -0.15) is 23.5 Å². The van der Waals surface area contributed by atoms with E-state index in [4.69, 9.17) is 4.98 Å². The molecule has 3 nitrogen and oxygen atoms in total. The number of imidazole rings is 1. The van der Waals surface area contributed by atoms with Crippen LogP contribution in [0.15, 0.2) is 18.3 Å². The van der Waals surface area contributed by atoms with Gasteiger partial charge in [-0.15, -0.1) is 0 Å². The zero-order chi connectivity index (χ0) is 13.4. The fraction of sp³-hybridized carbons (Fsp3) is 0.600. The van der Waals surface area contributed by atoms with Crippen LogP contribution in [-0.2, 0) is 0 Å². The van der Waals surface area contributed by atoms with E-state index in [-0.39, 0.29) is 0 Å². The number of fused-ring (bicyclic) bond motifs is 1. The summed E-state index contributed by atoms with van der Waals surface area (Å²) >= 11 is 4.15. The second-order valence-electron chi connectivity index (χ2n) is 5.56. The van der Waals surface area contributed by atoms with Crippen molar-refractivity contribution in [3.05, 3.63) is 24.2 Å². The van der Waals surface area contributed by atoms with Crippen LogP contribution in [0.1, 0.15) is 42.8 Å². The van der Waals surface area contributed by atoms with E-state index in [1.54, 1.807) is 0 Å². The lowest BCUT2D eigenvalue weighted by atomic mass is 10.1. The van der Waals surface area contributed by atoms with Gasteiger partial charge in [0.05, 0.1) is 5.25 Å². The zero-order valence-corrected chi connectivity index (χ0v) is 13.1. The molecular formula is C15H19N3S2. The number of rotatable bonds is 2. The second kappa shape index (κ2) is 5.60. The molecule has 5 heteroatoms. The first-order valence-corrected chi connectivity index (χ1v) is 9.66. The minimum atomic E-state index is 0.580. The number of nitrogens with zero attached hydrogens (tertiary/aromatic N) is 3. The summed E-state index contributed by atoms with van der Waals surface area (Å²) in [7, 11) is 0. The molecule has 2 aliphatic rings. The fourth-order valence-corrected chi connectivity index (χ4v) is 5.63. The molecule has 4 rings (SSSR count). The minimum Gasteiger partial charge on any atom is -0.308 e. The van der Waals surface area contributed by atoms with Gasteiger partial charge in [0.2, 0.25) is 0 Å². The normalized spacial score (nSPS) is 27.2. The molecule has 0 N–H and O–H groups in total. The third-order valence-corrected chi connectivity index (χ3v) is 6.77. The topological polar surface area (TPSA) is 30.7 Å². The van der Waals surface area contributed by atoms with Gasteiger partial charge in [-0.25, -0.2) is 9.97 Å². The van der Waals surface area contributed by atoms with Gasteiger partial charge >= 0.3 is 0 Å². The molecule has 2 saturated heterocycles. The Hall–Kier alpha value is -0.680. The molecular weight excluding hydrogens is 286 g/mol. The second-order valence-corrected chi connectivity index (χ2v) is 8.02. The summed E-state index contributed by atoms with van der Waals surface area (Å²) in [5, 5.41) is 0.580. The Balaban J connectivity index is 1.83. The van der Waals surface area contributed by atoms with E-state index < -0.39 is 0 Å². The molecule has 0 aromatic carbocycles. The fourth-order valence-electron chi connectivity index (χ4n) is 3.24. The molecule has 106 valence electrons. The lowest BCUT2D eigenvalue weighted by Crippen LogP contribution is -2.19. The Morgan fingerprint density at radius 3 is 2.95 bits per heavy atom. The summed E-state index contributed by atoms with van der Waals surface area (Å²) in [6.45, 7) is 0. The van der Waals surface area contributed by atoms with Crippen molar-refractivity contribution in [2.45, 2.75) is 37.0 Å². The molecule has 0 radical (unpaired) electrons. The lowest BCUT2D eigenvalue weighted by molar-refractivity contribution is 0.487. The van der Waals surface area contributed by atoms with E-state index in [1.807, 2.05) is 12.3 Å². The van der Waals surface area contributed by atoms with Crippen molar-refractivity contribution in [2.75, 3.05) is 17.3 Å². The van der Waals surface area contributed by atoms with Gasteiger partial charge in [-0.05, 0) is 49.3 Å². The van der Waals surface area contributed by atoms with E-state index in [2.05, 4.69) is 39.1 Å². The Morgan fingerprint density at radius 2 is 2.15 bits per heavy atom. The molecule has 2 aliphatic heterocycles. The molecule has 20 heavy (non-hydrogen) atoms. The first-order valence-electron chi connectivity index (χ1n) is 7.45. The monoisotopic (exact) mass is 305 g/mol. The molecule has 0 aliphatic carbocycles. The average Bonchev–Trinajstić information content (AvgIpc) is 3.15.